The molecule has 1 atom stereocenters. The topological polar surface area (TPSA) is 90.4 Å². The number of hydrogen-bond acceptors (Lipinski definition) is 5. The van der Waals surface area contributed by atoms with Gasteiger partial charge in [-0.3, -0.25) is 10.1 Å². The van der Waals surface area contributed by atoms with Crippen LogP contribution in [-0.2, 0) is 9.53 Å². The average Bonchev–Trinajstić information content (AvgIpc) is 2.60. The molecule has 1 aromatic heterocycles. The minimum atomic E-state index is -0.277. The van der Waals surface area contributed by atoms with Gasteiger partial charge in [0.1, 0.15) is 6.26 Å². The third kappa shape index (κ3) is 3.69. The molecule has 0 radical (unpaired) electrons. The van der Waals surface area contributed by atoms with Gasteiger partial charge in [0.25, 0.3) is 0 Å². The molecule has 6 nitrogen and oxygen atoms in total. The molecule has 0 aliphatic heterocycles. The van der Waals surface area contributed by atoms with Crippen molar-refractivity contribution in [2.75, 3.05) is 19.0 Å². The highest BCUT2D eigenvalue weighted by Gasteiger charge is 2.13. The summed E-state index contributed by atoms with van der Waals surface area (Å²) < 4.78 is 9.94. The number of aryl methyl sites for hydroxylation is 1. The second-order valence-electron chi connectivity index (χ2n) is 3.14. The van der Waals surface area contributed by atoms with E-state index in [4.69, 9.17) is 14.9 Å². The van der Waals surface area contributed by atoms with Crippen molar-refractivity contribution < 1.29 is 13.9 Å². The van der Waals surface area contributed by atoms with E-state index in [-0.39, 0.29) is 24.4 Å². The minimum Gasteiger partial charge on any atom is -0.432 e. The van der Waals surface area contributed by atoms with Gasteiger partial charge in [-0.2, -0.15) is 4.98 Å². The van der Waals surface area contributed by atoms with E-state index in [1.54, 1.807) is 6.92 Å². The third-order valence-electron chi connectivity index (χ3n) is 1.87. The fourth-order valence-electron chi connectivity index (χ4n) is 1.05. The highest BCUT2D eigenvalue weighted by molar-refractivity contribution is 5.88. The Kier molecular flexibility index (Phi) is 4.26. The number of amides is 1. The van der Waals surface area contributed by atoms with Crippen LogP contribution in [0.2, 0.25) is 0 Å². The second-order valence-corrected chi connectivity index (χ2v) is 3.14. The van der Waals surface area contributed by atoms with Crippen LogP contribution in [0.3, 0.4) is 0 Å². The minimum absolute atomic E-state index is 0.189. The largest absolute Gasteiger partial charge is 0.432 e. The van der Waals surface area contributed by atoms with Gasteiger partial charge < -0.3 is 14.9 Å². The molecule has 1 aromatic rings. The molecule has 1 heterocycles. The maximum absolute atomic E-state index is 11.4. The molecule has 0 saturated carbocycles. The normalized spacial score (nSPS) is 12.5. The molecular formula is C9H15N3O3. The first-order valence-corrected chi connectivity index (χ1v) is 4.60. The molecule has 0 aromatic carbocycles. The zero-order valence-electron chi connectivity index (χ0n) is 8.82. The molecule has 84 valence electrons. The molecule has 0 bridgehead atoms. The highest BCUT2D eigenvalue weighted by Crippen LogP contribution is 2.07. The van der Waals surface area contributed by atoms with Gasteiger partial charge in [0.2, 0.25) is 5.91 Å². The van der Waals surface area contributed by atoms with Crippen LogP contribution in [0.15, 0.2) is 10.7 Å². The number of ether oxygens (including phenoxy) is 1. The highest BCUT2D eigenvalue weighted by atomic mass is 16.5. The quantitative estimate of drug-likeness (QED) is 0.733. The van der Waals surface area contributed by atoms with Gasteiger partial charge in [0.05, 0.1) is 18.2 Å². The van der Waals surface area contributed by atoms with Gasteiger partial charge in [-0.25, -0.2) is 0 Å². The van der Waals surface area contributed by atoms with E-state index >= 15 is 0 Å². The number of hydrogen-bond donors (Lipinski definition) is 2. The Morgan fingerprint density at radius 2 is 2.53 bits per heavy atom. The molecule has 0 spiro atoms. The van der Waals surface area contributed by atoms with Crippen LogP contribution < -0.4 is 11.1 Å². The van der Waals surface area contributed by atoms with Gasteiger partial charge in [0.15, 0.2) is 0 Å². The van der Waals surface area contributed by atoms with E-state index in [0.29, 0.717) is 12.2 Å². The Hall–Kier alpha value is -1.40. The maximum Gasteiger partial charge on any atom is 0.301 e. The Balaban J connectivity index is 2.42. The fourth-order valence-corrected chi connectivity index (χ4v) is 1.05. The van der Waals surface area contributed by atoms with E-state index in [1.807, 2.05) is 0 Å². The summed E-state index contributed by atoms with van der Waals surface area (Å²) in [6, 6.07) is 0.198. The molecule has 1 amide bonds. The fraction of sp³-hybridized carbons (Fsp3) is 0.556. The number of aromatic nitrogens is 1. The van der Waals surface area contributed by atoms with Crippen LogP contribution in [0.5, 0.6) is 0 Å². The van der Waals surface area contributed by atoms with Gasteiger partial charge in [-0.05, 0) is 6.92 Å². The summed E-state index contributed by atoms with van der Waals surface area (Å²) in [5.41, 5.74) is 6.10. The summed E-state index contributed by atoms with van der Waals surface area (Å²) >= 11 is 0. The number of nitrogens with zero attached hydrogens (tertiary/aromatic N) is 1. The predicted octanol–water partition coefficient (Wildman–Crippen LogP) is 0.285. The number of oxazole rings is 1. The van der Waals surface area contributed by atoms with Crippen molar-refractivity contribution in [3.8, 4) is 0 Å². The summed E-state index contributed by atoms with van der Waals surface area (Å²) in [4.78, 5) is 15.3. The number of methoxy groups -OCH3 is 1. The molecule has 1 rings (SSSR count). The number of nitrogens with one attached hydrogen (secondary N) is 1. The first-order valence-electron chi connectivity index (χ1n) is 4.60. The number of carbonyl (C=O) groups is 1. The molecule has 15 heavy (non-hydrogen) atoms. The van der Waals surface area contributed by atoms with Crippen LogP contribution in [-0.4, -0.2) is 30.6 Å². The van der Waals surface area contributed by atoms with Crippen molar-refractivity contribution in [3.05, 3.63) is 12.0 Å². The van der Waals surface area contributed by atoms with E-state index in [1.165, 1.54) is 13.4 Å². The Bertz CT molecular complexity index is 320. The molecule has 0 aliphatic carbocycles. The number of nitrogens with two attached hydrogens (primary N) is 1. The monoisotopic (exact) mass is 213 g/mol. The molecular weight excluding hydrogens is 198 g/mol. The predicted molar refractivity (Wildman–Crippen MR) is 54.3 cm³/mol. The van der Waals surface area contributed by atoms with Crippen molar-refractivity contribution in [2.24, 2.45) is 5.73 Å². The zero-order valence-corrected chi connectivity index (χ0v) is 8.82. The summed E-state index contributed by atoms with van der Waals surface area (Å²) in [6.45, 7) is 2.07. The zero-order chi connectivity index (χ0) is 11.3. The number of carbonyl (C=O) groups excluding carboxylic acids is 1. The summed E-state index contributed by atoms with van der Waals surface area (Å²) in [7, 11) is 1.51. The van der Waals surface area contributed by atoms with E-state index in [9.17, 15) is 4.79 Å². The lowest BCUT2D eigenvalue weighted by Crippen LogP contribution is -2.28. The molecule has 3 N–H and O–H groups in total. The smallest absolute Gasteiger partial charge is 0.301 e. The van der Waals surface area contributed by atoms with Gasteiger partial charge in [-0.1, -0.05) is 0 Å². The lowest BCUT2D eigenvalue weighted by atomic mass is 10.2. The van der Waals surface area contributed by atoms with Crippen molar-refractivity contribution in [1.82, 2.24) is 4.98 Å². The molecule has 0 fully saturated rings. The van der Waals surface area contributed by atoms with Crippen LogP contribution >= 0.6 is 0 Å². The first-order chi connectivity index (χ1) is 7.15. The Morgan fingerprint density at radius 1 is 1.80 bits per heavy atom. The molecule has 0 saturated heterocycles. The van der Waals surface area contributed by atoms with Crippen molar-refractivity contribution in [2.45, 2.75) is 19.4 Å². The first kappa shape index (κ1) is 11.7. The maximum atomic E-state index is 11.4. The van der Waals surface area contributed by atoms with Crippen molar-refractivity contribution in [1.29, 1.82) is 0 Å². The summed E-state index contributed by atoms with van der Waals surface area (Å²) in [6.07, 6.45) is 1.38. The van der Waals surface area contributed by atoms with Crippen molar-refractivity contribution in [3.63, 3.8) is 0 Å². The van der Waals surface area contributed by atoms with Gasteiger partial charge in [0, 0.05) is 13.7 Å². The molecule has 6 heteroatoms. The number of anilines is 1. The van der Waals surface area contributed by atoms with Crippen LogP contribution in [0.1, 0.15) is 12.1 Å². The van der Waals surface area contributed by atoms with Crippen LogP contribution in [0.25, 0.3) is 0 Å². The second kappa shape index (κ2) is 5.47. The standard InChI is InChI=1S/C9H15N3O3/c1-6-5-15-9(11-6)12-8(13)3-7(4-10)14-2/h5,7H,3-4,10H2,1-2H3,(H,11,12,13). The van der Waals surface area contributed by atoms with E-state index < -0.39 is 0 Å². The summed E-state index contributed by atoms with van der Waals surface area (Å²) in [5, 5.41) is 2.51. The SMILES string of the molecule is COC(CN)CC(=O)Nc1nc(C)co1. The number of rotatable bonds is 5. The Morgan fingerprint density at radius 3 is 3.00 bits per heavy atom. The molecule has 0 aliphatic rings. The Labute approximate surface area is 87.8 Å². The lowest BCUT2D eigenvalue weighted by molar-refractivity contribution is -0.118. The van der Waals surface area contributed by atoms with Crippen LogP contribution in [0.4, 0.5) is 6.01 Å². The lowest BCUT2D eigenvalue weighted by Gasteiger charge is -2.10. The van der Waals surface area contributed by atoms with Gasteiger partial charge in [-0.15, -0.1) is 0 Å². The van der Waals surface area contributed by atoms with E-state index in [0.717, 1.165) is 0 Å². The molecule has 1 unspecified atom stereocenters. The van der Waals surface area contributed by atoms with Crippen LogP contribution in [0, 0.1) is 6.92 Å². The summed E-state index contributed by atoms with van der Waals surface area (Å²) in [5.74, 6) is -0.228. The van der Waals surface area contributed by atoms with E-state index in [2.05, 4.69) is 10.3 Å². The van der Waals surface area contributed by atoms with Gasteiger partial charge >= 0.3 is 6.01 Å². The average molecular weight is 213 g/mol. The third-order valence-corrected chi connectivity index (χ3v) is 1.87. The van der Waals surface area contributed by atoms with Crippen molar-refractivity contribution >= 4 is 11.9 Å².